The predicted octanol–water partition coefficient (Wildman–Crippen LogP) is 1.18. The van der Waals surface area contributed by atoms with Crippen LogP contribution in [0.25, 0.3) is 0 Å². The van der Waals surface area contributed by atoms with Crippen molar-refractivity contribution in [3.8, 4) is 0 Å². The summed E-state index contributed by atoms with van der Waals surface area (Å²) in [6.07, 6.45) is -0.465. The fourth-order valence-corrected chi connectivity index (χ4v) is 1.56. The minimum atomic E-state index is -3.98. The highest BCUT2D eigenvalue weighted by Gasteiger charge is 2.18. The van der Waals surface area contributed by atoms with Gasteiger partial charge in [0.1, 0.15) is 5.60 Å². The molecular weight excluding hydrogens is 234 g/mol. The summed E-state index contributed by atoms with van der Waals surface area (Å²) in [5, 5.41) is 2.47. The lowest BCUT2D eigenvalue weighted by Crippen LogP contribution is -2.38. The first-order valence-corrected chi connectivity index (χ1v) is 6.55. The van der Waals surface area contributed by atoms with Crippen molar-refractivity contribution >= 4 is 16.2 Å². The third-order valence-electron chi connectivity index (χ3n) is 1.57. The molecule has 1 atom stereocenters. The van der Waals surface area contributed by atoms with E-state index < -0.39 is 21.8 Å². The van der Waals surface area contributed by atoms with Gasteiger partial charge in [0.05, 0.1) is 5.75 Å². The Labute approximate surface area is 96.1 Å². The number of ether oxygens (including phenoxy) is 1. The van der Waals surface area contributed by atoms with Gasteiger partial charge >= 0.3 is 6.09 Å². The molecule has 1 amide bonds. The summed E-state index contributed by atoms with van der Waals surface area (Å²) in [5.41, 5.74) is -0.590. The maximum Gasteiger partial charge on any atom is 0.407 e. The number of amides is 1. The van der Waals surface area contributed by atoms with Gasteiger partial charge in [0, 0.05) is 6.04 Å². The second-order valence-electron chi connectivity index (χ2n) is 4.62. The normalized spacial score (nSPS) is 14.3. The van der Waals surface area contributed by atoms with Crippen LogP contribution in [-0.4, -0.2) is 36.5 Å². The van der Waals surface area contributed by atoms with Crippen molar-refractivity contribution in [2.24, 2.45) is 0 Å². The van der Waals surface area contributed by atoms with Crippen molar-refractivity contribution < 1.29 is 22.5 Å². The molecule has 0 aromatic heterocycles. The number of hydrogen-bond donors (Lipinski definition) is 2. The summed E-state index contributed by atoms with van der Waals surface area (Å²) in [4.78, 5) is 11.2. The molecule has 96 valence electrons. The van der Waals surface area contributed by atoms with Gasteiger partial charge in [0.2, 0.25) is 0 Å². The predicted molar refractivity (Wildman–Crippen MR) is 59.9 cm³/mol. The van der Waals surface area contributed by atoms with Gasteiger partial charge in [-0.3, -0.25) is 4.55 Å². The molecule has 0 aromatic carbocycles. The summed E-state index contributed by atoms with van der Waals surface area (Å²) < 4.78 is 34.4. The molecule has 6 nitrogen and oxygen atoms in total. The Balaban J connectivity index is 3.97. The maximum atomic E-state index is 11.2. The van der Waals surface area contributed by atoms with E-state index in [9.17, 15) is 13.2 Å². The van der Waals surface area contributed by atoms with E-state index in [0.29, 0.717) is 0 Å². The van der Waals surface area contributed by atoms with Gasteiger partial charge in [-0.15, -0.1) is 0 Å². The van der Waals surface area contributed by atoms with Gasteiger partial charge in [-0.25, -0.2) is 4.79 Å². The van der Waals surface area contributed by atoms with Gasteiger partial charge < -0.3 is 10.1 Å². The summed E-state index contributed by atoms with van der Waals surface area (Å²) in [7, 11) is -3.98. The van der Waals surface area contributed by atoms with Crippen molar-refractivity contribution in [1.29, 1.82) is 0 Å². The fraction of sp³-hybridized carbons (Fsp3) is 0.889. The summed E-state index contributed by atoms with van der Waals surface area (Å²) >= 11 is 0. The maximum absolute atomic E-state index is 11.2. The molecule has 2 N–H and O–H groups in total. The highest BCUT2D eigenvalue weighted by molar-refractivity contribution is 7.85. The van der Waals surface area contributed by atoms with E-state index in [1.54, 1.807) is 27.7 Å². The molecule has 0 aliphatic heterocycles. The van der Waals surface area contributed by atoms with Crippen molar-refractivity contribution in [3.63, 3.8) is 0 Å². The highest BCUT2D eigenvalue weighted by Crippen LogP contribution is 2.07. The van der Waals surface area contributed by atoms with Gasteiger partial charge in [-0.05, 0) is 34.1 Å². The molecule has 0 aliphatic carbocycles. The van der Waals surface area contributed by atoms with E-state index >= 15 is 0 Å². The number of carbonyl (C=O) groups excluding carboxylic acids is 1. The first-order valence-electron chi connectivity index (χ1n) is 4.94. The molecule has 0 saturated carbocycles. The molecule has 0 bridgehead atoms. The van der Waals surface area contributed by atoms with E-state index in [0.717, 1.165) is 0 Å². The van der Waals surface area contributed by atoms with Crippen LogP contribution < -0.4 is 5.32 Å². The number of hydrogen-bond acceptors (Lipinski definition) is 4. The van der Waals surface area contributed by atoms with Crippen LogP contribution in [0.5, 0.6) is 0 Å². The molecule has 16 heavy (non-hydrogen) atoms. The Morgan fingerprint density at radius 3 is 2.31 bits per heavy atom. The van der Waals surface area contributed by atoms with Crippen molar-refractivity contribution in [2.45, 2.75) is 45.8 Å². The van der Waals surface area contributed by atoms with Gasteiger partial charge in [-0.2, -0.15) is 8.42 Å². The van der Waals surface area contributed by atoms with Crippen molar-refractivity contribution in [1.82, 2.24) is 5.32 Å². The van der Waals surface area contributed by atoms with E-state index in [1.807, 2.05) is 0 Å². The lowest BCUT2D eigenvalue weighted by atomic mass is 10.2. The van der Waals surface area contributed by atoms with E-state index in [2.05, 4.69) is 5.32 Å². The zero-order valence-electron chi connectivity index (χ0n) is 9.98. The molecule has 7 heteroatoms. The van der Waals surface area contributed by atoms with Crippen LogP contribution in [0.4, 0.5) is 4.79 Å². The highest BCUT2D eigenvalue weighted by atomic mass is 32.2. The third kappa shape index (κ3) is 9.72. The molecule has 0 saturated heterocycles. The van der Waals surface area contributed by atoms with Crippen LogP contribution >= 0.6 is 0 Å². The fourth-order valence-electron chi connectivity index (χ4n) is 0.907. The molecule has 0 fully saturated rings. The van der Waals surface area contributed by atoms with Crippen molar-refractivity contribution in [3.05, 3.63) is 0 Å². The molecule has 0 spiro atoms. The van der Waals surface area contributed by atoms with Crippen LogP contribution in [-0.2, 0) is 14.9 Å². The minimum absolute atomic E-state index is 0.137. The average Bonchev–Trinajstić information content (AvgIpc) is 1.95. The molecule has 0 rings (SSSR count). The molecule has 0 unspecified atom stereocenters. The van der Waals surface area contributed by atoms with Crippen LogP contribution in [0, 0.1) is 0 Å². The molecule has 0 radical (unpaired) electrons. The monoisotopic (exact) mass is 253 g/mol. The van der Waals surface area contributed by atoms with Crippen LogP contribution in [0.3, 0.4) is 0 Å². The molecule has 0 aliphatic rings. The van der Waals surface area contributed by atoms with Gasteiger partial charge in [-0.1, -0.05) is 0 Å². The summed E-state index contributed by atoms with van der Waals surface area (Å²) in [6.45, 7) is 6.83. The number of nitrogens with one attached hydrogen (secondary N) is 1. The average molecular weight is 253 g/mol. The molecule has 0 aromatic rings. The van der Waals surface area contributed by atoms with Crippen LogP contribution in [0.15, 0.2) is 0 Å². The Hall–Kier alpha value is -0.820. The summed E-state index contributed by atoms with van der Waals surface area (Å²) in [6, 6.07) is -0.378. The molecule has 0 heterocycles. The van der Waals surface area contributed by atoms with E-state index in [4.69, 9.17) is 9.29 Å². The van der Waals surface area contributed by atoms with Gasteiger partial charge in [0.15, 0.2) is 0 Å². The smallest absolute Gasteiger partial charge is 0.407 e. The Kier molecular flexibility index (Phi) is 5.21. The third-order valence-corrected chi connectivity index (χ3v) is 2.32. The second-order valence-corrected chi connectivity index (χ2v) is 6.19. The van der Waals surface area contributed by atoms with Gasteiger partial charge in [0.25, 0.3) is 10.1 Å². The lowest BCUT2D eigenvalue weighted by Gasteiger charge is -2.21. The topological polar surface area (TPSA) is 92.7 Å². The number of rotatable bonds is 4. The SMILES string of the molecule is C[C@H](CCS(=O)(=O)O)NC(=O)OC(C)(C)C. The van der Waals surface area contributed by atoms with Crippen LogP contribution in [0.1, 0.15) is 34.1 Å². The first-order chi connectivity index (χ1) is 6.99. The first kappa shape index (κ1) is 15.2. The zero-order valence-corrected chi connectivity index (χ0v) is 10.8. The number of carbonyl (C=O) groups is 1. The minimum Gasteiger partial charge on any atom is -0.444 e. The van der Waals surface area contributed by atoms with E-state index in [1.165, 1.54) is 0 Å². The Morgan fingerprint density at radius 1 is 1.44 bits per heavy atom. The number of alkyl carbamates (subject to hydrolysis) is 1. The second kappa shape index (κ2) is 5.49. The molecular formula is C9H19NO5S. The quantitative estimate of drug-likeness (QED) is 0.734. The Bertz CT molecular complexity index is 330. The van der Waals surface area contributed by atoms with Crippen molar-refractivity contribution in [2.75, 3.05) is 5.75 Å². The van der Waals surface area contributed by atoms with E-state index in [-0.39, 0.29) is 18.2 Å². The van der Waals surface area contributed by atoms with Crippen LogP contribution in [0.2, 0.25) is 0 Å². The Morgan fingerprint density at radius 2 is 1.94 bits per heavy atom. The zero-order chi connectivity index (χ0) is 13.0. The summed E-state index contributed by atoms with van der Waals surface area (Å²) in [5.74, 6) is -0.385. The lowest BCUT2D eigenvalue weighted by molar-refractivity contribution is 0.0507. The largest absolute Gasteiger partial charge is 0.444 e. The standard InChI is InChI=1S/C9H19NO5S/c1-7(5-6-16(12,13)14)10-8(11)15-9(2,3)4/h7H,5-6H2,1-4H3,(H,10,11)(H,12,13,14)/t7-/m1/s1.